The van der Waals surface area contributed by atoms with Gasteiger partial charge in [-0.25, -0.2) is 0 Å². The van der Waals surface area contributed by atoms with Crippen LogP contribution >= 0.6 is 0 Å². The van der Waals surface area contributed by atoms with Gasteiger partial charge >= 0.3 is 0 Å². The highest BCUT2D eigenvalue weighted by Gasteiger charge is 2.42. The molecule has 4 rings (SSSR count). The van der Waals surface area contributed by atoms with Crippen molar-refractivity contribution in [3.05, 3.63) is 65.7 Å². The molecule has 2 aliphatic rings. The van der Waals surface area contributed by atoms with Crippen LogP contribution in [0.5, 0.6) is 5.75 Å². The van der Waals surface area contributed by atoms with Gasteiger partial charge in [0.25, 0.3) is 0 Å². The first-order valence-electron chi connectivity index (χ1n) is 9.84. The van der Waals surface area contributed by atoms with Gasteiger partial charge in [0, 0.05) is 19.1 Å². The van der Waals surface area contributed by atoms with Gasteiger partial charge in [-0.1, -0.05) is 48.0 Å². The highest BCUT2D eigenvalue weighted by molar-refractivity contribution is 5.28. The molecule has 2 aromatic carbocycles. The molecule has 0 amide bonds. The number of benzene rings is 2. The standard InChI is InChI=1S/C16H23NO3.C7H8/c1-10(16(20)11-2-4-14(18)5-3-11)17-8-12-6-15(19)7-13(12)9-17;1-7-5-3-2-4-6-7/h2-5,10,12-13,15-16,18-20H,6-9H2,1H3;2-6H,1H3/t10?,12-,13+,15?,16?;. The second kappa shape index (κ2) is 8.87. The third-order valence-electron chi connectivity index (χ3n) is 5.96. The van der Waals surface area contributed by atoms with Crippen molar-refractivity contribution in [2.24, 2.45) is 11.8 Å². The summed E-state index contributed by atoms with van der Waals surface area (Å²) >= 11 is 0. The summed E-state index contributed by atoms with van der Waals surface area (Å²) in [6.45, 7) is 6.07. The Hall–Kier alpha value is -1.88. The molecule has 1 heterocycles. The Bertz CT molecular complexity index is 689. The summed E-state index contributed by atoms with van der Waals surface area (Å²) in [7, 11) is 0. The zero-order valence-corrected chi connectivity index (χ0v) is 16.2. The average Bonchev–Trinajstić information content (AvgIpc) is 3.20. The second-order valence-electron chi connectivity index (χ2n) is 8.03. The van der Waals surface area contributed by atoms with Gasteiger partial charge in [0.05, 0.1) is 12.2 Å². The average molecular weight is 370 g/mol. The minimum atomic E-state index is -0.542. The van der Waals surface area contributed by atoms with E-state index in [4.69, 9.17) is 0 Å². The van der Waals surface area contributed by atoms with E-state index in [1.165, 1.54) is 5.56 Å². The SMILES string of the molecule is CC(C(O)c1ccc(O)cc1)N1C[C@H]2CC(O)C[C@H]2C1.Cc1ccccc1. The van der Waals surface area contributed by atoms with Gasteiger partial charge in [-0.2, -0.15) is 0 Å². The van der Waals surface area contributed by atoms with E-state index in [0.717, 1.165) is 31.5 Å². The summed E-state index contributed by atoms with van der Waals surface area (Å²) in [5.41, 5.74) is 2.16. The van der Waals surface area contributed by atoms with E-state index < -0.39 is 6.10 Å². The van der Waals surface area contributed by atoms with Crippen molar-refractivity contribution in [1.82, 2.24) is 4.90 Å². The number of phenolic OH excluding ortho intramolecular Hbond substituents is 1. The van der Waals surface area contributed by atoms with E-state index in [0.29, 0.717) is 11.8 Å². The lowest BCUT2D eigenvalue weighted by atomic mass is 10.0. The second-order valence-corrected chi connectivity index (χ2v) is 8.03. The molecule has 1 aliphatic heterocycles. The van der Waals surface area contributed by atoms with Crippen LogP contribution < -0.4 is 0 Å². The van der Waals surface area contributed by atoms with Crippen LogP contribution in [0.25, 0.3) is 0 Å². The highest BCUT2D eigenvalue weighted by Crippen LogP contribution is 2.40. The molecule has 0 radical (unpaired) electrons. The molecule has 0 spiro atoms. The number of phenols is 1. The minimum absolute atomic E-state index is 0.0577. The number of rotatable bonds is 3. The maximum absolute atomic E-state index is 10.5. The predicted molar refractivity (Wildman–Crippen MR) is 108 cm³/mol. The Balaban J connectivity index is 0.000000253. The van der Waals surface area contributed by atoms with Gasteiger partial charge in [-0.3, -0.25) is 4.90 Å². The normalized spacial score (nSPS) is 26.7. The molecule has 146 valence electrons. The number of aromatic hydroxyl groups is 1. The molecular formula is C23H31NO3. The van der Waals surface area contributed by atoms with Crippen molar-refractivity contribution in [3.63, 3.8) is 0 Å². The smallest absolute Gasteiger partial charge is 0.115 e. The zero-order chi connectivity index (χ0) is 19.4. The van der Waals surface area contributed by atoms with E-state index >= 15 is 0 Å². The predicted octanol–water partition coefficient (Wildman–Crippen LogP) is 3.51. The van der Waals surface area contributed by atoms with E-state index in [1.54, 1.807) is 24.3 Å². The molecule has 4 nitrogen and oxygen atoms in total. The molecule has 5 atom stereocenters. The first kappa shape index (κ1) is 19.9. The number of nitrogens with zero attached hydrogens (tertiary/aromatic N) is 1. The van der Waals surface area contributed by atoms with Crippen molar-refractivity contribution < 1.29 is 15.3 Å². The fourth-order valence-electron chi connectivity index (χ4n) is 4.32. The quantitative estimate of drug-likeness (QED) is 0.775. The Morgan fingerprint density at radius 1 is 0.926 bits per heavy atom. The molecule has 0 bridgehead atoms. The molecule has 1 saturated heterocycles. The Morgan fingerprint density at radius 2 is 1.48 bits per heavy atom. The summed E-state index contributed by atoms with van der Waals surface area (Å²) in [5.74, 6) is 1.39. The Morgan fingerprint density at radius 3 is 1.96 bits per heavy atom. The number of hydrogen-bond acceptors (Lipinski definition) is 4. The highest BCUT2D eigenvalue weighted by atomic mass is 16.3. The molecule has 3 unspecified atom stereocenters. The first-order chi connectivity index (χ1) is 12.9. The van der Waals surface area contributed by atoms with Crippen LogP contribution in [-0.4, -0.2) is 45.5 Å². The van der Waals surface area contributed by atoms with Crippen LogP contribution in [-0.2, 0) is 0 Å². The molecule has 1 saturated carbocycles. The number of aliphatic hydroxyl groups is 2. The molecular weight excluding hydrogens is 338 g/mol. The molecule has 2 fully saturated rings. The minimum Gasteiger partial charge on any atom is -0.508 e. The van der Waals surface area contributed by atoms with E-state index in [2.05, 4.69) is 30.9 Å². The molecule has 27 heavy (non-hydrogen) atoms. The number of fused-ring (bicyclic) bond motifs is 1. The van der Waals surface area contributed by atoms with Gasteiger partial charge in [0.15, 0.2) is 0 Å². The van der Waals surface area contributed by atoms with Crippen LogP contribution in [0.3, 0.4) is 0 Å². The maximum Gasteiger partial charge on any atom is 0.115 e. The summed E-state index contributed by atoms with van der Waals surface area (Å²) < 4.78 is 0. The number of aliphatic hydroxyl groups excluding tert-OH is 2. The molecule has 1 aliphatic carbocycles. The van der Waals surface area contributed by atoms with Crippen molar-refractivity contribution >= 4 is 0 Å². The van der Waals surface area contributed by atoms with Crippen LogP contribution in [0, 0.1) is 18.8 Å². The van der Waals surface area contributed by atoms with Crippen molar-refractivity contribution in [2.75, 3.05) is 13.1 Å². The van der Waals surface area contributed by atoms with Crippen LogP contribution in [0.2, 0.25) is 0 Å². The van der Waals surface area contributed by atoms with Gasteiger partial charge in [0.1, 0.15) is 5.75 Å². The maximum atomic E-state index is 10.5. The number of likely N-dealkylation sites (tertiary alicyclic amines) is 1. The summed E-state index contributed by atoms with van der Waals surface area (Å²) in [5, 5.41) is 29.5. The van der Waals surface area contributed by atoms with Gasteiger partial charge in [0.2, 0.25) is 0 Å². The summed E-state index contributed by atoms with van der Waals surface area (Å²) in [6, 6.07) is 17.1. The van der Waals surface area contributed by atoms with Gasteiger partial charge in [-0.05, 0) is 56.2 Å². The van der Waals surface area contributed by atoms with E-state index in [1.807, 2.05) is 18.2 Å². The fraction of sp³-hybridized carbons (Fsp3) is 0.478. The van der Waals surface area contributed by atoms with Crippen LogP contribution in [0.4, 0.5) is 0 Å². The Kier molecular flexibility index (Phi) is 6.53. The van der Waals surface area contributed by atoms with Crippen LogP contribution in [0.15, 0.2) is 54.6 Å². The van der Waals surface area contributed by atoms with Crippen LogP contribution in [0.1, 0.15) is 37.0 Å². The number of aryl methyl sites for hydroxylation is 1. The zero-order valence-electron chi connectivity index (χ0n) is 16.2. The first-order valence-corrected chi connectivity index (χ1v) is 9.84. The summed E-state index contributed by atoms with van der Waals surface area (Å²) in [6.07, 6.45) is 1.15. The Labute approximate surface area is 162 Å². The molecule has 3 N–H and O–H groups in total. The lowest BCUT2D eigenvalue weighted by molar-refractivity contribution is 0.0626. The van der Waals surface area contributed by atoms with Crippen molar-refractivity contribution in [2.45, 2.75) is 44.9 Å². The lowest BCUT2D eigenvalue weighted by Gasteiger charge is -2.29. The largest absolute Gasteiger partial charge is 0.508 e. The van der Waals surface area contributed by atoms with E-state index in [-0.39, 0.29) is 17.9 Å². The molecule has 0 aromatic heterocycles. The third-order valence-corrected chi connectivity index (χ3v) is 5.96. The monoisotopic (exact) mass is 369 g/mol. The number of hydrogen-bond donors (Lipinski definition) is 3. The third kappa shape index (κ3) is 5.10. The van der Waals surface area contributed by atoms with E-state index in [9.17, 15) is 15.3 Å². The topological polar surface area (TPSA) is 63.9 Å². The van der Waals surface area contributed by atoms with Gasteiger partial charge < -0.3 is 15.3 Å². The summed E-state index contributed by atoms with van der Waals surface area (Å²) in [4.78, 5) is 2.33. The van der Waals surface area contributed by atoms with Gasteiger partial charge in [-0.15, -0.1) is 0 Å². The van der Waals surface area contributed by atoms with Crippen molar-refractivity contribution in [1.29, 1.82) is 0 Å². The fourth-order valence-corrected chi connectivity index (χ4v) is 4.32. The molecule has 2 aromatic rings. The lowest BCUT2D eigenvalue weighted by Crippen LogP contribution is -2.36. The molecule has 4 heteroatoms. The van der Waals surface area contributed by atoms with Crippen molar-refractivity contribution in [3.8, 4) is 5.75 Å².